The second kappa shape index (κ2) is 6.98. The van der Waals surface area contributed by atoms with Gasteiger partial charge in [0, 0.05) is 24.2 Å². The van der Waals surface area contributed by atoms with Crippen LogP contribution in [0, 0.1) is 16.0 Å². The Kier molecular flexibility index (Phi) is 4.76. The molecule has 0 aliphatic carbocycles. The molecule has 0 saturated heterocycles. The van der Waals surface area contributed by atoms with E-state index in [0.717, 1.165) is 10.2 Å². The van der Waals surface area contributed by atoms with E-state index in [2.05, 4.69) is 4.98 Å². The van der Waals surface area contributed by atoms with Gasteiger partial charge in [0.2, 0.25) is 0 Å². The molecule has 0 unspecified atom stereocenters. The van der Waals surface area contributed by atoms with Gasteiger partial charge in [0.05, 0.1) is 15.1 Å². The van der Waals surface area contributed by atoms with E-state index >= 15 is 0 Å². The summed E-state index contributed by atoms with van der Waals surface area (Å²) in [5.41, 5.74) is 1.23. The maximum atomic E-state index is 13.0. The van der Waals surface area contributed by atoms with Gasteiger partial charge < -0.3 is 0 Å². The molecule has 6 nitrogen and oxygen atoms in total. The van der Waals surface area contributed by atoms with Crippen molar-refractivity contribution in [3.63, 3.8) is 0 Å². The van der Waals surface area contributed by atoms with Crippen LogP contribution in [0.25, 0.3) is 10.2 Å². The fourth-order valence-electron chi connectivity index (χ4n) is 2.47. The van der Waals surface area contributed by atoms with Crippen molar-refractivity contribution in [3.05, 3.63) is 64.2 Å². The number of benzene rings is 2. The monoisotopic (exact) mass is 355 g/mol. The largest absolute Gasteiger partial charge is 0.284 e. The van der Waals surface area contributed by atoms with Crippen LogP contribution >= 0.6 is 11.3 Å². The highest BCUT2D eigenvalue weighted by Gasteiger charge is 2.22. The van der Waals surface area contributed by atoms with E-state index in [1.54, 1.807) is 4.90 Å². The minimum absolute atomic E-state index is 0.0352. The Balaban J connectivity index is 1.96. The SMILES string of the molecule is CC(C)CN(C(=O)c1ccc([N+](=O)[O-])cc1)c1nc2ccccc2s1. The fourth-order valence-corrected chi connectivity index (χ4v) is 3.44. The molecule has 128 valence electrons. The van der Waals surface area contributed by atoms with E-state index in [9.17, 15) is 14.9 Å². The summed E-state index contributed by atoms with van der Waals surface area (Å²) in [6, 6.07) is 13.4. The molecule has 0 aliphatic heterocycles. The lowest BCUT2D eigenvalue weighted by atomic mass is 10.1. The molecule has 0 fully saturated rings. The Morgan fingerprint density at radius 2 is 1.88 bits per heavy atom. The molecular weight excluding hydrogens is 338 g/mol. The average molecular weight is 355 g/mol. The van der Waals surface area contributed by atoms with Crippen LogP contribution in [0.4, 0.5) is 10.8 Å². The zero-order valence-electron chi connectivity index (χ0n) is 13.9. The van der Waals surface area contributed by atoms with Crippen molar-refractivity contribution in [1.82, 2.24) is 4.98 Å². The zero-order chi connectivity index (χ0) is 18.0. The van der Waals surface area contributed by atoms with Gasteiger partial charge in [-0.3, -0.25) is 19.8 Å². The number of nitro groups is 1. The number of carbonyl (C=O) groups is 1. The van der Waals surface area contributed by atoms with Crippen LogP contribution in [0.5, 0.6) is 0 Å². The number of carbonyl (C=O) groups excluding carboxylic acids is 1. The van der Waals surface area contributed by atoms with Crippen LogP contribution < -0.4 is 4.90 Å². The molecule has 1 aromatic heterocycles. The maximum Gasteiger partial charge on any atom is 0.269 e. The van der Waals surface area contributed by atoms with Crippen LogP contribution in [-0.4, -0.2) is 22.4 Å². The van der Waals surface area contributed by atoms with Crippen molar-refractivity contribution >= 4 is 38.3 Å². The Labute approximate surface area is 148 Å². The van der Waals surface area contributed by atoms with E-state index in [4.69, 9.17) is 0 Å². The summed E-state index contributed by atoms with van der Waals surface area (Å²) >= 11 is 1.46. The van der Waals surface area contributed by atoms with Crippen LogP contribution in [0.1, 0.15) is 24.2 Å². The number of thiazole rings is 1. The molecule has 0 radical (unpaired) electrons. The number of anilines is 1. The number of non-ortho nitro benzene ring substituents is 1. The molecule has 0 saturated carbocycles. The smallest absolute Gasteiger partial charge is 0.269 e. The summed E-state index contributed by atoms with van der Waals surface area (Å²) in [7, 11) is 0. The summed E-state index contributed by atoms with van der Waals surface area (Å²) in [5, 5.41) is 11.4. The lowest BCUT2D eigenvalue weighted by molar-refractivity contribution is -0.384. The lowest BCUT2D eigenvalue weighted by Crippen LogP contribution is -2.34. The molecule has 3 aromatic rings. The molecule has 0 spiro atoms. The summed E-state index contributed by atoms with van der Waals surface area (Å²) in [6.07, 6.45) is 0. The minimum atomic E-state index is -0.478. The summed E-state index contributed by atoms with van der Waals surface area (Å²) < 4.78 is 1.02. The van der Waals surface area contributed by atoms with Gasteiger partial charge in [-0.2, -0.15) is 0 Å². The van der Waals surface area contributed by atoms with Crippen molar-refractivity contribution in [2.24, 2.45) is 5.92 Å². The predicted octanol–water partition coefficient (Wildman–Crippen LogP) is 4.51. The molecule has 7 heteroatoms. The number of nitrogens with zero attached hydrogens (tertiary/aromatic N) is 3. The third-order valence-corrected chi connectivity index (χ3v) is 4.69. The molecule has 0 bridgehead atoms. The van der Waals surface area contributed by atoms with Crippen molar-refractivity contribution in [1.29, 1.82) is 0 Å². The van der Waals surface area contributed by atoms with Gasteiger partial charge in [0.25, 0.3) is 11.6 Å². The third-order valence-electron chi connectivity index (χ3n) is 3.63. The average Bonchev–Trinajstić information content (AvgIpc) is 3.02. The first kappa shape index (κ1) is 17.0. The number of amides is 1. The van der Waals surface area contributed by atoms with Gasteiger partial charge in [-0.05, 0) is 30.2 Å². The van der Waals surface area contributed by atoms with Gasteiger partial charge in [-0.1, -0.05) is 37.3 Å². The van der Waals surface area contributed by atoms with Crippen LogP contribution in [-0.2, 0) is 0 Å². The highest BCUT2D eigenvalue weighted by atomic mass is 32.1. The molecule has 0 N–H and O–H groups in total. The molecular formula is C18H17N3O3S. The second-order valence-corrected chi connectivity index (χ2v) is 7.09. The molecule has 25 heavy (non-hydrogen) atoms. The first-order valence-corrected chi connectivity index (χ1v) is 8.69. The first-order valence-electron chi connectivity index (χ1n) is 7.87. The molecule has 0 atom stereocenters. The summed E-state index contributed by atoms with van der Waals surface area (Å²) in [6.45, 7) is 4.59. The second-order valence-electron chi connectivity index (χ2n) is 6.08. The van der Waals surface area contributed by atoms with E-state index in [1.807, 2.05) is 38.1 Å². The molecule has 0 aliphatic rings. The quantitative estimate of drug-likeness (QED) is 0.498. The number of hydrogen-bond donors (Lipinski definition) is 0. The Morgan fingerprint density at radius 3 is 2.48 bits per heavy atom. The topological polar surface area (TPSA) is 76.3 Å². The lowest BCUT2D eigenvalue weighted by Gasteiger charge is -2.21. The third kappa shape index (κ3) is 3.66. The molecule has 3 rings (SSSR count). The molecule has 2 aromatic carbocycles. The Morgan fingerprint density at radius 1 is 1.20 bits per heavy atom. The van der Waals surface area contributed by atoms with Crippen molar-refractivity contribution in [2.45, 2.75) is 13.8 Å². The normalized spacial score (nSPS) is 11.0. The van der Waals surface area contributed by atoms with E-state index in [-0.39, 0.29) is 17.5 Å². The summed E-state index contributed by atoms with van der Waals surface area (Å²) in [5.74, 6) is 0.0525. The number of nitro benzene ring substituents is 1. The van der Waals surface area contributed by atoms with Crippen LogP contribution in [0.15, 0.2) is 48.5 Å². The van der Waals surface area contributed by atoms with E-state index < -0.39 is 4.92 Å². The number of aromatic nitrogens is 1. The van der Waals surface area contributed by atoms with Crippen molar-refractivity contribution < 1.29 is 9.72 Å². The van der Waals surface area contributed by atoms with Gasteiger partial charge >= 0.3 is 0 Å². The fraction of sp³-hybridized carbons (Fsp3) is 0.222. The summed E-state index contributed by atoms with van der Waals surface area (Å²) in [4.78, 5) is 29.5. The number of para-hydroxylation sites is 1. The number of rotatable bonds is 5. The Hall–Kier alpha value is -2.80. The van der Waals surface area contributed by atoms with E-state index in [0.29, 0.717) is 17.2 Å². The van der Waals surface area contributed by atoms with Gasteiger partial charge in [-0.25, -0.2) is 4.98 Å². The van der Waals surface area contributed by atoms with Crippen molar-refractivity contribution in [2.75, 3.05) is 11.4 Å². The maximum absolute atomic E-state index is 13.0. The van der Waals surface area contributed by atoms with Gasteiger partial charge in [-0.15, -0.1) is 0 Å². The molecule has 1 heterocycles. The highest BCUT2D eigenvalue weighted by molar-refractivity contribution is 7.22. The number of fused-ring (bicyclic) bond motifs is 1. The van der Waals surface area contributed by atoms with Gasteiger partial charge in [0.15, 0.2) is 5.13 Å². The molecule has 1 amide bonds. The highest BCUT2D eigenvalue weighted by Crippen LogP contribution is 2.30. The minimum Gasteiger partial charge on any atom is -0.284 e. The Bertz CT molecular complexity index is 886. The number of hydrogen-bond acceptors (Lipinski definition) is 5. The predicted molar refractivity (Wildman–Crippen MR) is 99.2 cm³/mol. The zero-order valence-corrected chi connectivity index (χ0v) is 14.7. The standard InChI is InChI=1S/C18H17N3O3S/c1-12(2)11-20(18-19-15-5-3-4-6-16(15)25-18)17(22)13-7-9-14(10-8-13)21(23)24/h3-10,12H,11H2,1-2H3. The van der Waals surface area contributed by atoms with Gasteiger partial charge in [0.1, 0.15) is 0 Å². The van der Waals surface area contributed by atoms with Crippen molar-refractivity contribution in [3.8, 4) is 0 Å². The van der Waals surface area contributed by atoms with E-state index in [1.165, 1.54) is 35.6 Å². The first-order chi connectivity index (χ1) is 12.0. The van der Waals surface area contributed by atoms with Crippen LogP contribution in [0.3, 0.4) is 0 Å². The van der Waals surface area contributed by atoms with Crippen LogP contribution in [0.2, 0.25) is 0 Å².